The standard InChI is InChI=1S/C22H24N6O4/c29-18-4-3-17(20(30)26-18)28-21(31)15-2-1-12(7-16(15)22(28)32)8-24-10-14-11-25-27-19(14)13-5-6-23-9-13/h1-2,7,11,13,17,23-24H,3-6,8-10H2,(H,25,27)(H,26,29,30). The molecule has 0 spiro atoms. The molecule has 0 aliphatic carbocycles. The van der Waals surface area contributed by atoms with Gasteiger partial charge in [-0.2, -0.15) is 5.10 Å². The Labute approximate surface area is 184 Å². The maximum Gasteiger partial charge on any atom is 0.262 e. The highest BCUT2D eigenvalue weighted by atomic mass is 16.2. The van der Waals surface area contributed by atoms with Crippen LogP contribution in [-0.4, -0.2) is 57.9 Å². The number of hydrogen-bond donors (Lipinski definition) is 4. The number of rotatable bonds is 6. The SMILES string of the molecule is O=C1CCC(N2C(=O)c3ccc(CNCc4cn[nH]c4C4CCNC4)cc3C2=O)C(=O)N1. The molecule has 3 aliphatic heterocycles. The van der Waals surface area contributed by atoms with Gasteiger partial charge in [0.1, 0.15) is 6.04 Å². The van der Waals surface area contributed by atoms with Gasteiger partial charge >= 0.3 is 0 Å². The molecule has 2 aromatic rings. The average molecular weight is 436 g/mol. The Morgan fingerprint density at radius 1 is 1.06 bits per heavy atom. The van der Waals surface area contributed by atoms with Gasteiger partial charge in [0.05, 0.1) is 17.3 Å². The number of carbonyl (C=O) groups excluding carboxylic acids is 4. The Bertz CT molecular complexity index is 1100. The van der Waals surface area contributed by atoms with Crippen LogP contribution in [0.15, 0.2) is 24.4 Å². The fourth-order valence-electron chi connectivity index (χ4n) is 4.69. The lowest BCUT2D eigenvalue weighted by atomic mass is 10.0. The van der Waals surface area contributed by atoms with E-state index in [1.165, 1.54) is 0 Å². The zero-order valence-corrected chi connectivity index (χ0v) is 17.4. The van der Waals surface area contributed by atoms with Gasteiger partial charge in [-0.05, 0) is 37.1 Å². The molecule has 2 atom stereocenters. The Morgan fingerprint density at radius 3 is 2.69 bits per heavy atom. The number of amides is 4. The van der Waals surface area contributed by atoms with Gasteiger partial charge in [0.15, 0.2) is 0 Å². The second kappa shape index (κ2) is 8.29. The summed E-state index contributed by atoms with van der Waals surface area (Å²) in [4.78, 5) is 50.3. The van der Waals surface area contributed by atoms with Gasteiger partial charge in [-0.25, -0.2) is 0 Å². The van der Waals surface area contributed by atoms with Crippen LogP contribution in [0.25, 0.3) is 0 Å². The van der Waals surface area contributed by atoms with E-state index >= 15 is 0 Å². The maximum atomic E-state index is 12.9. The minimum atomic E-state index is -0.953. The quantitative estimate of drug-likeness (QED) is 0.474. The van der Waals surface area contributed by atoms with E-state index < -0.39 is 23.8 Å². The predicted octanol–water partition coefficient (Wildman–Crippen LogP) is 0.178. The largest absolute Gasteiger partial charge is 0.316 e. The Hall–Kier alpha value is -3.37. The van der Waals surface area contributed by atoms with Gasteiger partial charge in [-0.1, -0.05) is 6.07 Å². The van der Waals surface area contributed by atoms with Crippen molar-refractivity contribution in [2.75, 3.05) is 13.1 Å². The number of hydrogen-bond acceptors (Lipinski definition) is 7. The molecule has 5 rings (SSSR count). The summed E-state index contributed by atoms with van der Waals surface area (Å²) < 4.78 is 0. The Morgan fingerprint density at radius 2 is 1.91 bits per heavy atom. The number of aromatic amines is 1. The van der Waals surface area contributed by atoms with E-state index in [-0.39, 0.29) is 24.3 Å². The first-order chi connectivity index (χ1) is 15.5. The fraction of sp³-hybridized carbons (Fsp3) is 0.409. The highest BCUT2D eigenvalue weighted by molar-refractivity contribution is 6.23. The number of benzene rings is 1. The molecule has 1 aromatic carbocycles. The number of fused-ring (bicyclic) bond motifs is 1. The summed E-state index contributed by atoms with van der Waals surface area (Å²) in [5.74, 6) is -1.54. The van der Waals surface area contributed by atoms with Crippen LogP contribution in [0.2, 0.25) is 0 Å². The smallest absolute Gasteiger partial charge is 0.262 e. The molecule has 2 unspecified atom stereocenters. The summed E-state index contributed by atoms with van der Waals surface area (Å²) >= 11 is 0. The molecular weight excluding hydrogens is 412 g/mol. The number of nitrogens with zero attached hydrogens (tertiary/aromatic N) is 2. The minimum absolute atomic E-state index is 0.103. The summed E-state index contributed by atoms with van der Waals surface area (Å²) in [6.45, 7) is 3.10. The normalized spacial score (nSPS) is 23.1. The van der Waals surface area contributed by atoms with Crippen molar-refractivity contribution in [3.63, 3.8) is 0 Å². The zero-order chi connectivity index (χ0) is 22.2. The number of nitrogens with one attached hydrogen (secondary N) is 4. The van der Waals surface area contributed by atoms with Crippen LogP contribution in [0, 0.1) is 0 Å². The summed E-state index contributed by atoms with van der Waals surface area (Å²) in [5, 5.41) is 16.2. The number of carbonyl (C=O) groups is 4. The third-order valence-electron chi connectivity index (χ3n) is 6.37. The van der Waals surface area contributed by atoms with Crippen molar-refractivity contribution in [3.05, 3.63) is 52.3 Å². The molecule has 0 radical (unpaired) electrons. The second-order valence-corrected chi connectivity index (χ2v) is 8.43. The van der Waals surface area contributed by atoms with Crippen molar-refractivity contribution >= 4 is 23.6 Å². The molecule has 0 bridgehead atoms. The second-order valence-electron chi connectivity index (χ2n) is 8.43. The molecule has 4 N–H and O–H groups in total. The molecule has 2 saturated heterocycles. The van der Waals surface area contributed by atoms with E-state index in [1.807, 2.05) is 12.3 Å². The molecule has 32 heavy (non-hydrogen) atoms. The minimum Gasteiger partial charge on any atom is -0.316 e. The van der Waals surface area contributed by atoms with Crippen LogP contribution in [0.5, 0.6) is 0 Å². The van der Waals surface area contributed by atoms with Crippen LogP contribution in [0.4, 0.5) is 0 Å². The molecule has 10 nitrogen and oxygen atoms in total. The van der Waals surface area contributed by atoms with E-state index in [4.69, 9.17) is 0 Å². The molecule has 2 fully saturated rings. The molecule has 10 heteroatoms. The van der Waals surface area contributed by atoms with Gasteiger partial charge < -0.3 is 10.6 Å². The van der Waals surface area contributed by atoms with Crippen molar-refractivity contribution in [1.82, 2.24) is 31.0 Å². The highest BCUT2D eigenvalue weighted by Gasteiger charge is 2.44. The van der Waals surface area contributed by atoms with Gasteiger partial charge in [0, 0.05) is 43.2 Å². The van der Waals surface area contributed by atoms with Crippen molar-refractivity contribution in [1.29, 1.82) is 0 Å². The van der Waals surface area contributed by atoms with Crippen LogP contribution in [0.1, 0.15) is 62.7 Å². The lowest BCUT2D eigenvalue weighted by molar-refractivity contribution is -0.136. The highest BCUT2D eigenvalue weighted by Crippen LogP contribution is 2.28. The Balaban J connectivity index is 1.26. The van der Waals surface area contributed by atoms with Crippen LogP contribution < -0.4 is 16.0 Å². The number of H-pyrrole nitrogens is 1. The fourth-order valence-corrected chi connectivity index (χ4v) is 4.69. The molecule has 1 aromatic heterocycles. The van der Waals surface area contributed by atoms with Gasteiger partial charge in [-0.3, -0.25) is 34.5 Å². The first-order valence-corrected chi connectivity index (χ1v) is 10.8. The average Bonchev–Trinajstić information content (AvgIpc) is 3.50. The third kappa shape index (κ3) is 3.61. The van der Waals surface area contributed by atoms with Crippen molar-refractivity contribution in [3.8, 4) is 0 Å². The topological polar surface area (TPSA) is 136 Å². The van der Waals surface area contributed by atoms with E-state index in [0.29, 0.717) is 24.6 Å². The summed E-state index contributed by atoms with van der Waals surface area (Å²) in [7, 11) is 0. The van der Waals surface area contributed by atoms with Crippen LogP contribution in [0.3, 0.4) is 0 Å². The predicted molar refractivity (Wildman–Crippen MR) is 112 cm³/mol. The summed E-state index contributed by atoms with van der Waals surface area (Å²) in [5.41, 5.74) is 3.71. The van der Waals surface area contributed by atoms with Crippen LogP contribution in [-0.2, 0) is 22.7 Å². The summed E-state index contributed by atoms with van der Waals surface area (Å²) in [6.07, 6.45) is 3.17. The maximum absolute atomic E-state index is 12.9. The number of aromatic nitrogens is 2. The summed E-state index contributed by atoms with van der Waals surface area (Å²) in [6, 6.07) is 4.19. The zero-order valence-electron chi connectivity index (χ0n) is 17.4. The van der Waals surface area contributed by atoms with Gasteiger partial charge in [0.25, 0.3) is 11.8 Å². The molecule has 4 heterocycles. The lowest BCUT2D eigenvalue weighted by Gasteiger charge is -2.27. The van der Waals surface area contributed by atoms with Crippen molar-refractivity contribution < 1.29 is 19.2 Å². The Kier molecular flexibility index (Phi) is 5.32. The lowest BCUT2D eigenvalue weighted by Crippen LogP contribution is -2.54. The molecule has 0 saturated carbocycles. The van der Waals surface area contributed by atoms with E-state index in [2.05, 4.69) is 26.1 Å². The number of piperidine rings is 1. The van der Waals surface area contributed by atoms with Crippen molar-refractivity contribution in [2.45, 2.75) is 44.3 Å². The van der Waals surface area contributed by atoms with E-state index in [1.54, 1.807) is 12.1 Å². The molecular formula is C22H24N6O4. The number of imide groups is 2. The third-order valence-corrected chi connectivity index (χ3v) is 6.37. The van der Waals surface area contributed by atoms with Gasteiger partial charge in [-0.15, -0.1) is 0 Å². The van der Waals surface area contributed by atoms with Crippen molar-refractivity contribution in [2.24, 2.45) is 0 Å². The van der Waals surface area contributed by atoms with Crippen LogP contribution >= 0.6 is 0 Å². The monoisotopic (exact) mass is 436 g/mol. The van der Waals surface area contributed by atoms with E-state index in [9.17, 15) is 19.2 Å². The molecule has 3 aliphatic rings. The molecule has 166 valence electrons. The first-order valence-electron chi connectivity index (χ1n) is 10.8. The molecule has 4 amide bonds. The van der Waals surface area contributed by atoms with Gasteiger partial charge in [0.2, 0.25) is 11.8 Å². The first kappa shape index (κ1) is 20.5. The van der Waals surface area contributed by atoms with E-state index in [0.717, 1.165) is 41.2 Å².